The smallest absolute Gasteiger partial charge is 0.132 e. The van der Waals surface area contributed by atoms with Crippen molar-refractivity contribution < 1.29 is 9.47 Å². The SMILES string of the molecule is COc1cc(OC)c(C(C)C)cc1-c1[nH]nnc1Cc1ccccc1. The largest absolute Gasteiger partial charge is 0.496 e. The van der Waals surface area contributed by atoms with Crippen LogP contribution in [-0.2, 0) is 6.42 Å². The van der Waals surface area contributed by atoms with Gasteiger partial charge in [-0.3, -0.25) is 5.10 Å². The molecule has 0 saturated heterocycles. The van der Waals surface area contributed by atoms with Crippen LogP contribution in [0.15, 0.2) is 42.5 Å². The minimum Gasteiger partial charge on any atom is -0.496 e. The molecule has 2 aromatic carbocycles. The molecular weight excluding hydrogens is 314 g/mol. The summed E-state index contributed by atoms with van der Waals surface area (Å²) >= 11 is 0. The van der Waals surface area contributed by atoms with Crippen LogP contribution in [0.1, 0.15) is 36.6 Å². The Morgan fingerprint density at radius 3 is 2.36 bits per heavy atom. The molecule has 0 amide bonds. The van der Waals surface area contributed by atoms with Crippen molar-refractivity contribution in [3.05, 3.63) is 59.3 Å². The lowest BCUT2D eigenvalue weighted by Crippen LogP contribution is -1.99. The first kappa shape index (κ1) is 17.0. The highest BCUT2D eigenvalue weighted by atomic mass is 16.5. The van der Waals surface area contributed by atoms with Crippen LogP contribution in [0.3, 0.4) is 0 Å². The fraction of sp³-hybridized carbons (Fsp3) is 0.300. The van der Waals surface area contributed by atoms with Crippen molar-refractivity contribution >= 4 is 0 Å². The fourth-order valence-corrected chi connectivity index (χ4v) is 2.95. The summed E-state index contributed by atoms with van der Waals surface area (Å²) in [7, 11) is 3.34. The van der Waals surface area contributed by atoms with Crippen molar-refractivity contribution in [2.24, 2.45) is 0 Å². The zero-order chi connectivity index (χ0) is 17.8. The van der Waals surface area contributed by atoms with E-state index in [1.54, 1.807) is 14.2 Å². The predicted octanol–water partition coefficient (Wildman–Crippen LogP) is 4.20. The highest BCUT2D eigenvalue weighted by Crippen LogP contribution is 2.39. The molecular formula is C20H23N3O2. The first-order valence-corrected chi connectivity index (χ1v) is 8.34. The number of methoxy groups -OCH3 is 2. The molecule has 130 valence electrons. The van der Waals surface area contributed by atoms with E-state index in [0.29, 0.717) is 12.3 Å². The molecule has 5 heteroatoms. The molecule has 0 aliphatic rings. The molecule has 0 fully saturated rings. The summed E-state index contributed by atoms with van der Waals surface area (Å²) in [6.45, 7) is 4.29. The molecule has 3 rings (SSSR count). The number of nitrogens with zero attached hydrogens (tertiary/aromatic N) is 2. The molecule has 0 unspecified atom stereocenters. The van der Waals surface area contributed by atoms with E-state index in [9.17, 15) is 0 Å². The third-order valence-electron chi connectivity index (χ3n) is 4.28. The van der Waals surface area contributed by atoms with Crippen LogP contribution >= 0.6 is 0 Å². The molecule has 1 N–H and O–H groups in total. The molecule has 0 saturated carbocycles. The van der Waals surface area contributed by atoms with E-state index < -0.39 is 0 Å². The molecule has 25 heavy (non-hydrogen) atoms. The number of H-pyrrole nitrogens is 1. The Bertz CT molecular complexity index is 841. The zero-order valence-electron chi connectivity index (χ0n) is 15.0. The van der Waals surface area contributed by atoms with Crippen LogP contribution in [0.5, 0.6) is 11.5 Å². The van der Waals surface area contributed by atoms with Crippen LogP contribution in [0.2, 0.25) is 0 Å². The maximum atomic E-state index is 5.60. The van der Waals surface area contributed by atoms with E-state index in [1.165, 1.54) is 5.56 Å². The quantitative estimate of drug-likeness (QED) is 0.732. The van der Waals surface area contributed by atoms with Crippen molar-refractivity contribution in [3.63, 3.8) is 0 Å². The van der Waals surface area contributed by atoms with Gasteiger partial charge < -0.3 is 9.47 Å². The number of aromatic amines is 1. The van der Waals surface area contributed by atoms with Crippen molar-refractivity contribution in [2.45, 2.75) is 26.2 Å². The first-order chi connectivity index (χ1) is 12.1. The third kappa shape index (κ3) is 3.50. The Labute approximate surface area is 148 Å². The summed E-state index contributed by atoms with van der Waals surface area (Å²) in [5.74, 6) is 1.89. The topological polar surface area (TPSA) is 60.0 Å². The number of hydrogen-bond acceptors (Lipinski definition) is 4. The Morgan fingerprint density at radius 2 is 1.72 bits per heavy atom. The average Bonchev–Trinajstić information content (AvgIpc) is 3.09. The van der Waals surface area contributed by atoms with E-state index >= 15 is 0 Å². The lowest BCUT2D eigenvalue weighted by atomic mass is 9.96. The van der Waals surface area contributed by atoms with E-state index in [4.69, 9.17) is 9.47 Å². The molecule has 0 spiro atoms. The van der Waals surface area contributed by atoms with Gasteiger partial charge in [0, 0.05) is 18.1 Å². The summed E-state index contributed by atoms with van der Waals surface area (Å²) in [5, 5.41) is 11.4. The number of benzene rings is 2. The summed E-state index contributed by atoms with van der Waals surface area (Å²) in [4.78, 5) is 0. The van der Waals surface area contributed by atoms with Gasteiger partial charge >= 0.3 is 0 Å². The number of nitrogens with one attached hydrogen (secondary N) is 1. The lowest BCUT2D eigenvalue weighted by Gasteiger charge is -2.16. The summed E-state index contributed by atoms with van der Waals surface area (Å²) in [5.41, 5.74) is 5.03. The van der Waals surface area contributed by atoms with Crippen LogP contribution in [0.4, 0.5) is 0 Å². The van der Waals surface area contributed by atoms with Gasteiger partial charge in [0.25, 0.3) is 0 Å². The van der Waals surface area contributed by atoms with Gasteiger partial charge in [0.15, 0.2) is 0 Å². The zero-order valence-corrected chi connectivity index (χ0v) is 15.0. The summed E-state index contributed by atoms with van der Waals surface area (Å²) in [6.07, 6.45) is 0.707. The summed E-state index contributed by atoms with van der Waals surface area (Å²) in [6, 6.07) is 14.3. The molecule has 0 aliphatic heterocycles. The Hall–Kier alpha value is -2.82. The molecule has 1 aromatic heterocycles. The number of hydrogen-bond donors (Lipinski definition) is 1. The van der Waals surface area contributed by atoms with Crippen LogP contribution < -0.4 is 9.47 Å². The highest BCUT2D eigenvalue weighted by Gasteiger charge is 2.19. The fourth-order valence-electron chi connectivity index (χ4n) is 2.95. The number of rotatable bonds is 6. The van der Waals surface area contributed by atoms with Crippen LogP contribution in [-0.4, -0.2) is 29.6 Å². The van der Waals surface area contributed by atoms with Crippen LogP contribution in [0, 0.1) is 0 Å². The molecule has 0 atom stereocenters. The lowest BCUT2D eigenvalue weighted by molar-refractivity contribution is 0.390. The van der Waals surface area contributed by atoms with E-state index in [-0.39, 0.29) is 0 Å². The second-order valence-electron chi connectivity index (χ2n) is 6.25. The monoisotopic (exact) mass is 337 g/mol. The second kappa shape index (κ2) is 7.38. The average molecular weight is 337 g/mol. The number of ether oxygens (including phenoxy) is 2. The summed E-state index contributed by atoms with van der Waals surface area (Å²) < 4.78 is 11.1. The van der Waals surface area contributed by atoms with Crippen molar-refractivity contribution in [3.8, 4) is 22.8 Å². The van der Waals surface area contributed by atoms with Crippen molar-refractivity contribution in [1.29, 1.82) is 0 Å². The third-order valence-corrected chi connectivity index (χ3v) is 4.28. The molecule has 0 bridgehead atoms. The second-order valence-corrected chi connectivity index (χ2v) is 6.25. The Kier molecular flexibility index (Phi) is 5.03. The Morgan fingerprint density at radius 1 is 1.00 bits per heavy atom. The van der Waals surface area contributed by atoms with E-state index in [0.717, 1.165) is 34.0 Å². The van der Waals surface area contributed by atoms with Gasteiger partial charge in [-0.1, -0.05) is 49.4 Å². The number of aromatic nitrogens is 3. The normalized spacial score (nSPS) is 10.9. The van der Waals surface area contributed by atoms with Crippen molar-refractivity contribution in [1.82, 2.24) is 15.4 Å². The van der Waals surface area contributed by atoms with Gasteiger partial charge in [0.1, 0.15) is 11.5 Å². The van der Waals surface area contributed by atoms with Gasteiger partial charge in [0.2, 0.25) is 0 Å². The van der Waals surface area contributed by atoms with E-state index in [2.05, 4.69) is 47.5 Å². The van der Waals surface area contributed by atoms with Gasteiger partial charge in [-0.25, -0.2) is 0 Å². The minimum atomic E-state index is 0.327. The van der Waals surface area contributed by atoms with Gasteiger partial charge in [-0.05, 0) is 23.1 Å². The molecule has 1 heterocycles. The van der Waals surface area contributed by atoms with Crippen LogP contribution in [0.25, 0.3) is 11.3 Å². The minimum absolute atomic E-state index is 0.327. The van der Waals surface area contributed by atoms with Gasteiger partial charge in [-0.2, -0.15) is 0 Å². The maximum Gasteiger partial charge on any atom is 0.132 e. The first-order valence-electron chi connectivity index (χ1n) is 8.34. The molecule has 5 nitrogen and oxygen atoms in total. The highest BCUT2D eigenvalue weighted by molar-refractivity contribution is 5.72. The standard InChI is InChI=1S/C20H23N3O2/c1-13(2)15-11-16(19(25-4)12-18(15)24-3)20-17(21-23-22-20)10-14-8-6-5-7-9-14/h5-9,11-13H,10H2,1-4H3,(H,21,22,23). The van der Waals surface area contributed by atoms with Crippen molar-refractivity contribution in [2.75, 3.05) is 14.2 Å². The van der Waals surface area contributed by atoms with E-state index in [1.807, 2.05) is 24.3 Å². The molecule has 0 radical (unpaired) electrons. The van der Waals surface area contributed by atoms with Gasteiger partial charge in [0.05, 0.1) is 25.6 Å². The predicted molar refractivity (Wildman–Crippen MR) is 98.3 cm³/mol. The Balaban J connectivity index is 2.07. The maximum absolute atomic E-state index is 5.60. The molecule has 0 aliphatic carbocycles. The molecule has 3 aromatic rings. The van der Waals surface area contributed by atoms with Gasteiger partial charge in [-0.15, -0.1) is 5.10 Å².